The molecule has 480 valence electrons. The van der Waals surface area contributed by atoms with E-state index < -0.39 is 12.1 Å². The van der Waals surface area contributed by atoms with E-state index in [1.165, 1.54) is 340 Å². The molecule has 0 aliphatic carbocycles. The van der Waals surface area contributed by atoms with Crippen molar-refractivity contribution in [2.45, 2.75) is 431 Å². The zero-order valence-electron chi connectivity index (χ0n) is 55.0. The van der Waals surface area contributed by atoms with Gasteiger partial charge < -0.3 is 20.3 Å². The van der Waals surface area contributed by atoms with Crippen molar-refractivity contribution >= 4 is 11.9 Å². The Morgan fingerprint density at radius 3 is 0.877 bits per heavy atom. The third-order valence-electron chi connectivity index (χ3n) is 17.5. The van der Waals surface area contributed by atoms with Crippen molar-refractivity contribution in [1.29, 1.82) is 0 Å². The molecule has 1 amide bonds. The average molecular weight is 1140 g/mol. The quantitative estimate of drug-likeness (QED) is 0.0320. The fourth-order valence-electron chi connectivity index (χ4n) is 11.8. The fraction of sp³-hybridized carbons (Fsp3) is 0.920. The van der Waals surface area contributed by atoms with E-state index in [4.69, 9.17) is 4.74 Å². The Morgan fingerprint density at radius 1 is 0.333 bits per heavy atom. The first-order chi connectivity index (χ1) is 40.0. The first kappa shape index (κ1) is 79.3. The molecular weight excluding hydrogens is 995 g/mol. The second-order valence-corrected chi connectivity index (χ2v) is 25.6. The maximum Gasteiger partial charge on any atom is 0.305 e. The number of allylic oxidation sites excluding steroid dienone is 4. The highest BCUT2D eigenvalue weighted by molar-refractivity contribution is 5.76. The van der Waals surface area contributed by atoms with Crippen LogP contribution in [0.5, 0.6) is 0 Å². The van der Waals surface area contributed by atoms with E-state index in [-0.39, 0.29) is 18.5 Å². The van der Waals surface area contributed by atoms with Crippen molar-refractivity contribution in [1.82, 2.24) is 5.32 Å². The molecular formula is C75H145NO5. The van der Waals surface area contributed by atoms with Crippen LogP contribution in [-0.2, 0) is 14.3 Å². The van der Waals surface area contributed by atoms with Crippen molar-refractivity contribution in [2.75, 3.05) is 13.2 Å². The SMILES string of the molecule is CCCCCCCCC/C=C\CCCCCCCC(=O)OCCCCCCCCCCCCCC/C=C\CCCCCCCCCCCCCC(=O)NC(CO)C(O)CCCCCCCCCCCCCCCCCCCCCCC. The number of carbonyl (C=O) groups is 2. The molecule has 0 saturated heterocycles. The summed E-state index contributed by atoms with van der Waals surface area (Å²) in [6, 6.07) is -0.543. The molecule has 81 heavy (non-hydrogen) atoms. The van der Waals surface area contributed by atoms with Crippen LogP contribution in [0.1, 0.15) is 418 Å². The summed E-state index contributed by atoms with van der Waals surface area (Å²) in [6.45, 7) is 4.99. The van der Waals surface area contributed by atoms with Crippen LogP contribution >= 0.6 is 0 Å². The molecule has 6 heteroatoms. The van der Waals surface area contributed by atoms with Crippen molar-refractivity contribution in [3.63, 3.8) is 0 Å². The Bertz CT molecular complexity index is 1270. The second kappa shape index (κ2) is 70.8. The van der Waals surface area contributed by atoms with E-state index in [1.807, 2.05) is 0 Å². The number of esters is 1. The van der Waals surface area contributed by atoms with Gasteiger partial charge in [0.05, 0.1) is 25.4 Å². The average Bonchev–Trinajstić information content (AvgIpc) is 3.47. The highest BCUT2D eigenvalue weighted by atomic mass is 16.5. The van der Waals surface area contributed by atoms with Crippen LogP contribution in [0.15, 0.2) is 24.3 Å². The number of carbonyl (C=O) groups excluding carboxylic acids is 2. The summed E-state index contributed by atoms with van der Waals surface area (Å²) in [5.74, 6) is -0.0225. The van der Waals surface area contributed by atoms with Gasteiger partial charge >= 0.3 is 5.97 Å². The third kappa shape index (κ3) is 67.3. The lowest BCUT2D eigenvalue weighted by atomic mass is 10.0. The maximum absolute atomic E-state index is 12.6. The van der Waals surface area contributed by atoms with Crippen molar-refractivity contribution in [3.05, 3.63) is 24.3 Å². The zero-order valence-corrected chi connectivity index (χ0v) is 55.0. The van der Waals surface area contributed by atoms with Gasteiger partial charge in [-0.05, 0) is 77.0 Å². The van der Waals surface area contributed by atoms with E-state index in [1.54, 1.807) is 0 Å². The minimum Gasteiger partial charge on any atom is -0.466 e. The minimum atomic E-state index is -0.666. The number of nitrogens with one attached hydrogen (secondary N) is 1. The summed E-state index contributed by atoms with van der Waals surface area (Å²) in [6.07, 6.45) is 89.5. The van der Waals surface area contributed by atoms with E-state index in [0.29, 0.717) is 25.9 Å². The molecule has 0 aromatic heterocycles. The van der Waals surface area contributed by atoms with Gasteiger partial charge in [0, 0.05) is 12.8 Å². The van der Waals surface area contributed by atoms with Crippen molar-refractivity contribution < 1.29 is 24.5 Å². The first-order valence-electron chi connectivity index (χ1n) is 37.1. The number of amides is 1. The molecule has 0 fully saturated rings. The lowest BCUT2D eigenvalue weighted by Gasteiger charge is -2.22. The zero-order chi connectivity index (χ0) is 58.5. The van der Waals surface area contributed by atoms with Crippen LogP contribution in [0, 0.1) is 0 Å². The molecule has 0 aromatic rings. The summed E-state index contributed by atoms with van der Waals surface area (Å²) in [5.41, 5.74) is 0. The Kier molecular flexibility index (Phi) is 69.4. The Balaban J connectivity index is 3.38. The molecule has 0 aliphatic heterocycles. The van der Waals surface area contributed by atoms with Gasteiger partial charge in [0.2, 0.25) is 5.91 Å². The van der Waals surface area contributed by atoms with Gasteiger partial charge in [-0.2, -0.15) is 0 Å². The van der Waals surface area contributed by atoms with Crippen LogP contribution in [0.4, 0.5) is 0 Å². The Hall–Kier alpha value is -1.66. The Morgan fingerprint density at radius 2 is 0.580 bits per heavy atom. The normalized spacial score (nSPS) is 12.6. The number of aliphatic hydroxyl groups is 2. The highest BCUT2D eigenvalue weighted by Crippen LogP contribution is 2.19. The molecule has 6 nitrogen and oxygen atoms in total. The van der Waals surface area contributed by atoms with E-state index in [0.717, 1.165) is 44.9 Å². The second-order valence-electron chi connectivity index (χ2n) is 25.6. The van der Waals surface area contributed by atoms with E-state index in [9.17, 15) is 19.8 Å². The number of ether oxygens (including phenoxy) is 1. The molecule has 0 aliphatic rings. The van der Waals surface area contributed by atoms with Crippen LogP contribution in [0.2, 0.25) is 0 Å². The molecule has 0 radical (unpaired) electrons. The topological polar surface area (TPSA) is 95.9 Å². The van der Waals surface area contributed by atoms with Gasteiger partial charge in [0.15, 0.2) is 0 Å². The lowest BCUT2D eigenvalue weighted by molar-refractivity contribution is -0.143. The fourth-order valence-corrected chi connectivity index (χ4v) is 11.8. The summed E-state index contributed by atoms with van der Waals surface area (Å²) in [5, 5.41) is 23.4. The van der Waals surface area contributed by atoms with Gasteiger partial charge in [0.25, 0.3) is 0 Å². The van der Waals surface area contributed by atoms with E-state index >= 15 is 0 Å². The first-order valence-corrected chi connectivity index (χ1v) is 37.1. The number of aliphatic hydroxyl groups excluding tert-OH is 2. The molecule has 2 unspecified atom stereocenters. The number of hydrogen-bond acceptors (Lipinski definition) is 5. The van der Waals surface area contributed by atoms with Gasteiger partial charge in [0.1, 0.15) is 0 Å². The largest absolute Gasteiger partial charge is 0.466 e. The Labute approximate surface area is 507 Å². The monoisotopic (exact) mass is 1140 g/mol. The summed E-state index contributed by atoms with van der Waals surface area (Å²) in [7, 11) is 0. The molecule has 0 bridgehead atoms. The summed E-state index contributed by atoms with van der Waals surface area (Å²) >= 11 is 0. The number of rotatable bonds is 70. The molecule has 0 heterocycles. The molecule has 3 N–H and O–H groups in total. The standard InChI is InChI=1S/C75H145NO5/c1-3-5-7-9-11-13-15-17-19-21-22-30-33-36-39-43-47-51-55-59-63-67-73(78)72(71-77)76-74(79)68-64-60-56-52-48-44-40-37-34-31-28-26-24-23-25-27-29-32-35-38-42-46-50-54-58-62-66-70-81-75(80)69-65-61-57-53-49-45-41-20-18-16-14-12-10-8-6-4-2/h20,23-24,41,72-73,77-78H,3-19,21-22,25-40,42-71H2,1-2H3,(H,76,79)/b24-23-,41-20-. The van der Waals surface area contributed by atoms with Gasteiger partial charge in [-0.1, -0.05) is 353 Å². The van der Waals surface area contributed by atoms with Crippen molar-refractivity contribution in [2.24, 2.45) is 0 Å². The van der Waals surface area contributed by atoms with E-state index in [2.05, 4.69) is 43.5 Å². The van der Waals surface area contributed by atoms with Crippen LogP contribution in [0.25, 0.3) is 0 Å². The molecule has 0 saturated carbocycles. The number of unbranched alkanes of at least 4 members (excludes halogenated alkanes) is 55. The predicted octanol–water partition coefficient (Wildman–Crippen LogP) is 24.1. The van der Waals surface area contributed by atoms with Gasteiger partial charge in [-0.25, -0.2) is 0 Å². The van der Waals surface area contributed by atoms with Gasteiger partial charge in [-0.15, -0.1) is 0 Å². The van der Waals surface area contributed by atoms with Crippen molar-refractivity contribution in [3.8, 4) is 0 Å². The number of hydrogen-bond donors (Lipinski definition) is 3. The third-order valence-corrected chi connectivity index (χ3v) is 17.5. The maximum atomic E-state index is 12.6. The molecule has 0 rings (SSSR count). The molecule has 2 atom stereocenters. The summed E-state index contributed by atoms with van der Waals surface area (Å²) in [4.78, 5) is 24.6. The van der Waals surface area contributed by atoms with Gasteiger partial charge in [-0.3, -0.25) is 9.59 Å². The lowest BCUT2D eigenvalue weighted by Crippen LogP contribution is -2.45. The molecule has 0 spiro atoms. The minimum absolute atomic E-state index is 0.00869. The van der Waals surface area contributed by atoms with Crippen LogP contribution in [-0.4, -0.2) is 47.4 Å². The predicted molar refractivity (Wildman–Crippen MR) is 356 cm³/mol. The van der Waals surface area contributed by atoms with Crippen LogP contribution < -0.4 is 5.32 Å². The smallest absolute Gasteiger partial charge is 0.305 e. The highest BCUT2D eigenvalue weighted by Gasteiger charge is 2.20. The summed E-state index contributed by atoms with van der Waals surface area (Å²) < 4.78 is 5.50. The molecule has 0 aromatic carbocycles. The van der Waals surface area contributed by atoms with Crippen LogP contribution in [0.3, 0.4) is 0 Å².